The zero-order valence-electron chi connectivity index (χ0n) is 15.6. The highest BCUT2D eigenvalue weighted by Gasteiger charge is 2.37. The fourth-order valence-electron chi connectivity index (χ4n) is 3.69. The minimum absolute atomic E-state index is 0.194. The number of nitrogens with zero attached hydrogens (tertiary/aromatic N) is 4. The molecule has 3 rings (SSSR count). The number of amides is 1. The number of hydrogen-bond donors (Lipinski definition) is 0. The lowest BCUT2D eigenvalue weighted by molar-refractivity contribution is -0.137. The Bertz CT molecular complexity index is 720. The standard InChI is InChI=1S/C20H28N4O/c1-15(2)24-14-21-22-18(24)16-9-8-12-23(13-16)19(25)20(3,4)17-10-6-5-7-11-17/h5-7,10-11,14-16H,8-9,12-13H2,1-4H3. The van der Waals surface area contributed by atoms with E-state index in [1.807, 2.05) is 49.1 Å². The summed E-state index contributed by atoms with van der Waals surface area (Å²) in [5.74, 6) is 1.46. The van der Waals surface area contributed by atoms with Crippen molar-refractivity contribution < 1.29 is 4.79 Å². The molecule has 5 nitrogen and oxygen atoms in total. The third-order valence-corrected chi connectivity index (χ3v) is 5.26. The van der Waals surface area contributed by atoms with Gasteiger partial charge in [0.15, 0.2) is 0 Å². The maximum atomic E-state index is 13.2. The molecular weight excluding hydrogens is 312 g/mol. The van der Waals surface area contributed by atoms with Gasteiger partial charge in [0.2, 0.25) is 5.91 Å². The Morgan fingerprint density at radius 2 is 1.96 bits per heavy atom. The van der Waals surface area contributed by atoms with E-state index in [4.69, 9.17) is 0 Å². The van der Waals surface area contributed by atoms with Gasteiger partial charge in [-0.1, -0.05) is 30.3 Å². The molecule has 1 atom stereocenters. The van der Waals surface area contributed by atoms with Gasteiger partial charge in [0.05, 0.1) is 5.41 Å². The second-order valence-corrected chi connectivity index (χ2v) is 7.77. The Labute approximate surface area is 150 Å². The molecule has 1 amide bonds. The molecule has 25 heavy (non-hydrogen) atoms. The number of carbonyl (C=O) groups excluding carboxylic acids is 1. The number of aromatic nitrogens is 3. The molecule has 0 bridgehead atoms. The topological polar surface area (TPSA) is 51.0 Å². The van der Waals surface area contributed by atoms with Gasteiger partial charge in [-0.05, 0) is 46.1 Å². The van der Waals surface area contributed by atoms with Crippen LogP contribution in [0.2, 0.25) is 0 Å². The largest absolute Gasteiger partial charge is 0.341 e. The van der Waals surface area contributed by atoms with Crippen LogP contribution >= 0.6 is 0 Å². The Hall–Kier alpha value is -2.17. The number of carbonyl (C=O) groups is 1. The average Bonchev–Trinajstić information content (AvgIpc) is 3.12. The fraction of sp³-hybridized carbons (Fsp3) is 0.550. The molecule has 1 aromatic carbocycles. The summed E-state index contributed by atoms with van der Waals surface area (Å²) in [6.45, 7) is 9.85. The summed E-state index contributed by atoms with van der Waals surface area (Å²) < 4.78 is 2.13. The SMILES string of the molecule is CC(C)n1cnnc1C1CCCN(C(=O)C(C)(C)c2ccccc2)C1. The maximum Gasteiger partial charge on any atom is 0.232 e. The summed E-state index contributed by atoms with van der Waals surface area (Å²) in [5, 5.41) is 8.44. The van der Waals surface area contributed by atoms with Crippen molar-refractivity contribution in [1.29, 1.82) is 0 Å². The molecule has 134 valence electrons. The van der Waals surface area contributed by atoms with Gasteiger partial charge in [-0.15, -0.1) is 10.2 Å². The highest BCUT2D eigenvalue weighted by atomic mass is 16.2. The first-order chi connectivity index (χ1) is 11.9. The first-order valence-corrected chi connectivity index (χ1v) is 9.15. The Balaban J connectivity index is 1.79. The van der Waals surface area contributed by atoms with Crippen molar-refractivity contribution in [3.8, 4) is 0 Å². The zero-order chi connectivity index (χ0) is 18.0. The predicted octanol–water partition coefficient (Wildman–Crippen LogP) is 3.54. The van der Waals surface area contributed by atoms with Gasteiger partial charge in [0.25, 0.3) is 0 Å². The van der Waals surface area contributed by atoms with Crippen LogP contribution in [-0.4, -0.2) is 38.7 Å². The first kappa shape index (κ1) is 17.6. The molecule has 1 aliphatic heterocycles. The normalized spacial score (nSPS) is 18.6. The van der Waals surface area contributed by atoms with E-state index in [-0.39, 0.29) is 11.8 Å². The quantitative estimate of drug-likeness (QED) is 0.855. The highest BCUT2D eigenvalue weighted by Crippen LogP contribution is 2.31. The van der Waals surface area contributed by atoms with E-state index in [0.29, 0.717) is 6.04 Å². The molecule has 1 saturated heterocycles. The monoisotopic (exact) mass is 340 g/mol. The van der Waals surface area contributed by atoms with Crippen LogP contribution in [0.15, 0.2) is 36.7 Å². The van der Waals surface area contributed by atoms with Gasteiger partial charge in [-0.25, -0.2) is 0 Å². The third kappa shape index (κ3) is 3.46. The van der Waals surface area contributed by atoms with Gasteiger partial charge < -0.3 is 9.47 Å². The van der Waals surface area contributed by atoms with E-state index in [2.05, 4.69) is 28.6 Å². The van der Waals surface area contributed by atoms with E-state index in [1.165, 1.54) is 0 Å². The molecule has 5 heteroatoms. The van der Waals surface area contributed by atoms with E-state index in [0.717, 1.165) is 37.3 Å². The first-order valence-electron chi connectivity index (χ1n) is 9.15. The van der Waals surface area contributed by atoms with Crippen molar-refractivity contribution in [2.45, 2.75) is 57.9 Å². The second-order valence-electron chi connectivity index (χ2n) is 7.77. The van der Waals surface area contributed by atoms with E-state index in [9.17, 15) is 4.79 Å². The molecule has 0 radical (unpaired) electrons. The minimum atomic E-state index is -0.519. The van der Waals surface area contributed by atoms with Crippen LogP contribution < -0.4 is 0 Å². The summed E-state index contributed by atoms with van der Waals surface area (Å²) in [6.07, 6.45) is 3.86. The van der Waals surface area contributed by atoms with Crippen molar-refractivity contribution in [2.24, 2.45) is 0 Å². The van der Waals surface area contributed by atoms with Gasteiger partial charge in [-0.2, -0.15) is 0 Å². The van der Waals surface area contributed by atoms with Crippen LogP contribution in [-0.2, 0) is 10.2 Å². The van der Waals surface area contributed by atoms with Crippen molar-refractivity contribution in [1.82, 2.24) is 19.7 Å². The number of piperidine rings is 1. The molecule has 0 spiro atoms. The molecule has 2 aromatic rings. The molecule has 0 aliphatic carbocycles. The lowest BCUT2D eigenvalue weighted by Crippen LogP contribution is -2.47. The van der Waals surface area contributed by atoms with Crippen LogP contribution in [0.1, 0.15) is 63.9 Å². The molecule has 2 heterocycles. The Morgan fingerprint density at radius 3 is 2.64 bits per heavy atom. The molecule has 1 fully saturated rings. The molecule has 1 aliphatic rings. The lowest BCUT2D eigenvalue weighted by atomic mass is 9.82. The summed E-state index contributed by atoms with van der Waals surface area (Å²) in [7, 11) is 0. The van der Waals surface area contributed by atoms with Crippen LogP contribution in [0, 0.1) is 0 Å². The summed E-state index contributed by atoms with van der Waals surface area (Å²) in [6, 6.07) is 10.4. The third-order valence-electron chi connectivity index (χ3n) is 5.26. The molecule has 1 aromatic heterocycles. The molecular formula is C20H28N4O. The highest BCUT2D eigenvalue weighted by molar-refractivity contribution is 5.87. The van der Waals surface area contributed by atoms with E-state index in [1.54, 1.807) is 6.33 Å². The maximum absolute atomic E-state index is 13.2. The molecule has 1 unspecified atom stereocenters. The zero-order valence-corrected chi connectivity index (χ0v) is 15.6. The summed E-state index contributed by atoms with van der Waals surface area (Å²) in [4.78, 5) is 15.3. The minimum Gasteiger partial charge on any atom is -0.341 e. The van der Waals surface area contributed by atoms with Crippen LogP contribution in [0.5, 0.6) is 0 Å². The van der Waals surface area contributed by atoms with Gasteiger partial charge in [-0.3, -0.25) is 4.79 Å². The number of likely N-dealkylation sites (tertiary alicyclic amines) is 1. The fourth-order valence-corrected chi connectivity index (χ4v) is 3.69. The van der Waals surface area contributed by atoms with Crippen molar-refractivity contribution in [3.05, 3.63) is 48.0 Å². The number of rotatable bonds is 4. The van der Waals surface area contributed by atoms with E-state index >= 15 is 0 Å². The van der Waals surface area contributed by atoms with E-state index < -0.39 is 5.41 Å². The van der Waals surface area contributed by atoms with Crippen molar-refractivity contribution in [2.75, 3.05) is 13.1 Å². The van der Waals surface area contributed by atoms with Crippen LogP contribution in [0.25, 0.3) is 0 Å². The van der Waals surface area contributed by atoms with Crippen molar-refractivity contribution >= 4 is 5.91 Å². The van der Waals surface area contributed by atoms with Crippen molar-refractivity contribution in [3.63, 3.8) is 0 Å². The average molecular weight is 340 g/mol. The predicted molar refractivity (Wildman–Crippen MR) is 98.4 cm³/mol. The number of benzene rings is 1. The summed E-state index contributed by atoms with van der Waals surface area (Å²) in [5.41, 5.74) is 0.543. The summed E-state index contributed by atoms with van der Waals surface area (Å²) >= 11 is 0. The van der Waals surface area contributed by atoms with Crippen LogP contribution in [0.3, 0.4) is 0 Å². The second kappa shape index (κ2) is 6.98. The van der Waals surface area contributed by atoms with Gasteiger partial charge in [0, 0.05) is 25.0 Å². The van der Waals surface area contributed by atoms with Gasteiger partial charge in [0.1, 0.15) is 12.2 Å². The smallest absolute Gasteiger partial charge is 0.232 e. The Morgan fingerprint density at radius 1 is 1.24 bits per heavy atom. The molecule has 0 saturated carbocycles. The van der Waals surface area contributed by atoms with Gasteiger partial charge >= 0.3 is 0 Å². The molecule has 0 N–H and O–H groups in total. The Kier molecular flexibility index (Phi) is 4.93. The number of hydrogen-bond acceptors (Lipinski definition) is 3. The lowest BCUT2D eigenvalue weighted by Gasteiger charge is -2.37. The van der Waals surface area contributed by atoms with Crippen LogP contribution in [0.4, 0.5) is 0 Å².